The van der Waals surface area contributed by atoms with Gasteiger partial charge in [-0.2, -0.15) is 0 Å². The van der Waals surface area contributed by atoms with Crippen molar-refractivity contribution < 1.29 is 41.0 Å². The van der Waals surface area contributed by atoms with Crippen LogP contribution in [0.5, 0.6) is 11.5 Å². The lowest BCUT2D eigenvalue weighted by molar-refractivity contribution is -0.275. The first kappa shape index (κ1) is 31.9. The molecule has 4 aromatic rings. The van der Waals surface area contributed by atoms with E-state index in [1.807, 2.05) is 0 Å². The first-order chi connectivity index (χ1) is 21.4. The number of anilines is 1. The standard InChI is InChI=1S/C32H30F3N3O6S/c1-20(39)21-4-9-26(10-5-21)38-45(41,42)31-13-8-23(16-30(31)44-32(33,34)35)22-7-12-29-24(15-22)6-11-27(43-29)18-37-19-28(40)25-3-2-14-36-17-25/h2-5,7-10,12-17,27-28,37-38,40H,6,11,18-19H2,1H3. The molecular formula is C32H30F3N3O6S. The summed E-state index contributed by atoms with van der Waals surface area (Å²) < 4.78 is 78.8. The van der Waals surface area contributed by atoms with Crippen molar-refractivity contribution in [2.75, 3.05) is 17.8 Å². The van der Waals surface area contributed by atoms with Crippen LogP contribution in [-0.2, 0) is 16.4 Å². The first-order valence-electron chi connectivity index (χ1n) is 14.0. The molecule has 2 unspecified atom stereocenters. The number of nitrogens with zero attached hydrogens (tertiary/aromatic N) is 1. The number of aliphatic hydroxyl groups excluding tert-OH is 1. The van der Waals surface area contributed by atoms with Crippen LogP contribution in [0.1, 0.15) is 40.9 Å². The first-order valence-corrected chi connectivity index (χ1v) is 15.5. The van der Waals surface area contributed by atoms with Crippen LogP contribution in [0.15, 0.2) is 90.1 Å². The van der Waals surface area contributed by atoms with E-state index >= 15 is 0 Å². The molecule has 45 heavy (non-hydrogen) atoms. The molecule has 9 nitrogen and oxygen atoms in total. The number of Topliss-reactive ketones (excluding diaryl/α,β-unsaturated/α-hetero) is 1. The van der Waals surface area contributed by atoms with E-state index in [1.165, 1.54) is 37.3 Å². The maximum Gasteiger partial charge on any atom is 0.573 e. The lowest BCUT2D eigenvalue weighted by Crippen LogP contribution is -2.36. The zero-order valence-corrected chi connectivity index (χ0v) is 24.9. The number of hydrogen-bond donors (Lipinski definition) is 3. The van der Waals surface area contributed by atoms with Crippen LogP contribution in [0.2, 0.25) is 0 Å². The fourth-order valence-corrected chi connectivity index (χ4v) is 6.11. The molecule has 0 saturated heterocycles. The van der Waals surface area contributed by atoms with E-state index in [0.717, 1.165) is 17.7 Å². The van der Waals surface area contributed by atoms with E-state index < -0.39 is 33.1 Å². The van der Waals surface area contributed by atoms with Gasteiger partial charge in [-0.15, -0.1) is 13.2 Å². The van der Waals surface area contributed by atoms with Gasteiger partial charge in [0.05, 0.1) is 6.10 Å². The van der Waals surface area contributed by atoms with Gasteiger partial charge in [0.1, 0.15) is 16.7 Å². The van der Waals surface area contributed by atoms with Crippen molar-refractivity contribution in [1.29, 1.82) is 0 Å². The summed E-state index contributed by atoms with van der Waals surface area (Å²) in [6.45, 7) is 2.18. The number of carbonyl (C=O) groups is 1. The molecule has 2 heterocycles. The number of rotatable bonds is 11. The maximum atomic E-state index is 13.4. The highest BCUT2D eigenvalue weighted by Gasteiger charge is 2.34. The molecule has 2 atom stereocenters. The average Bonchev–Trinajstić information content (AvgIpc) is 3.00. The van der Waals surface area contributed by atoms with E-state index in [1.54, 1.807) is 42.7 Å². The number of nitrogens with one attached hydrogen (secondary N) is 2. The third-order valence-corrected chi connectivity index (χ3v) is 8.63. The number of ether oxygens (including phenoxy) is 2. The van der Waals surface area contributed by atoms with Gasteiger partial charge < -0.3 is 19.9 Å². The largest absolute Gasteiger partial charge is 0.573 e. The summed E-state index contributed by atoms with van der Waals surface area (Å²) in [4.78, 5) is 14.8. The predicted molar refractivity (Wildman–Crippen MR) is 161 cm³/mol. The molecule has 0 fully saturated rings. The van der Waals surface area contributed by atoms with Gasteiger partial charge in [0.2, 0.25) is 0 Å². The quantitative estimate of drug-likeness (QED) is 0.179. The van der Waals surface area contributed by atoms with Gasteiger partial charge >= 0.3 is 6.36 Å². The van der Waals surface area contributed by atoms with Crippen molar-refractivity contribution in [1.82, 2.24) is 10.3 Å². The van der Waals surface area contributed by atoms with Gasteiger partial charge in [-0.25, -0.2) is 8.42 Å². The average molecular weight is 642 g/mol. The predicted octanol–water partition coefficient (Wildman–Crippen LogP) is 5.67. The number of ketones is 1. The summed E-state index contributed by atoms with van der Waals surface area (Å²) in [5.74, 6) is -0.475. The molecule has 0 bridgehead atoms. The SMILES string of the molecule is CC(=O)c1ccc(NS(=O)(=O)c2ccc(-c3ccc4c(c3)CCC(CNCC(O)c3cccnc3)O4)cc2OC(F)(F)F)cc1. The Morgan fingerprint density at radius 2 is 1.82 bits per heavy atom. The Morgan fingerprint density at radius 3 is 2.51 bits per heavy atom. The van der Waals surface area contributed by atoms with Crippen molar-refractivity contribution in [3.63, 3.8) is 0 Å². The Hall–Kier alpha value is -4.46. The van der Waals surface area contributed by atoms with Gasteiger partial charge in [0, 0.05) is 42.3 Å². The Balaban J connectivity index is 1.30. The zero-order valence-electron chi connectivity index (χ0n) is 24.0. The summed E-state index contributed by atoms with van der Waals surface area (Å²) in [6, 6.07) is 17.7. The highest BCUT2D eigenvalue weighted by molar-refractivity contribution is 7.92. The van der Waals surface area contributed by atoms with Gasteiger partial charge in [-0.1, -0.05) is 18.2 Å². The molecule has 1 aromatic heterocycles. The number of hydrogen-bond acceptors (Lipinski definition) is 8. The lowest BCUT2D eigenvalue weighted by atomic mass is 9.97. The van der Waals surface area contributed by atoms with Crippen LogP contribution in [0.4, 0.5) is 18.9 Å². The zero-order chi connectivity index (χ0) is 32.2. The molecule has 5 rings (SSSR count). The summed E-state index contributed by atoms with van der Waals surface area (Å²) in [5, 5.41) is 13.5. The van der Waals surface area contributed by atoms with E-state index in [9.17, 15) is 31.5 Å². The highest BCUT2D eigenvalue weighted by Crippen LogP contribution is 2.37. The minimum Gasteiger partial charge on any atom is -0.489 e. The van der Waals surface area contributed by atoms with Crippen LogP contribution in [-0.4, -0.2) is 49.8 Å². The number of aliphatic hydroxyl groups is 1. The maximum absolute atomic E-state index is 13.4. The van der Waals surface area contributed by atoms with E-state index in [-0.39, 0.29) is 17.6 Å². The molecular weight excluding hydrogens is 611 g/mol. The number of halogens is 3. The number of sulfonamides is 1. The number of alkyl halides is 3. The molecule has 236 valence electrons. The normalized spacial score (nSPS) is 15.4. The van der Waals surface area contributed by atoms with Gasteiger partial charge in [0.15, 0.2) is 11.5 Å². The number of aryl methyl sites for hydroxylation is 1. The summed E-state index contributed by atoms with van der Waals surface area (Å²) in [5.41, 5.74) is 2.84. The van der Waals surface area contributed by atoms with Crippen molar-refractivity contribution >= 4 is 21.5 Å². The molecule has 1 aliphatic rings. The second kappa shape index (κ2) is 13.3. The Morgan fingerprint density at radius 1 is 1.09 bits per heavy atom. The van der Waals surface area contributed by atoms with Gasteiger partial charge in [-0.3, -0.25) is 14.5 Å². The summed E-state index contributed by atoms with van der Waals surface area (Å²) in [7, 11) is -4.50. The molecule has 0 radical (unpaired) electrons. The molecule has 0 spiro atoms. The number of benzene rings is 3. The third-order valence-electron chi connectivity index (χ3n) is 7.20. The number of aromatic nitrogens is 1. The second-order valence-electron chi connectivity index (χ2n) is 10.5. The van der Waals surface area contributed by atoms with Gasteiger partial charge in [-0.05, 0) is 91.1 Å². The minimum atomic E-state index is -5.15. The van der Waals surface area contributed by atoms with Crippen molar-refractivity contribution in [2.45, 2.75) is 43.2 Å². The molecule has 3 aromatic carbocycles. The van der Waals surface area contributed by atoms with Gasteiger partial charge in [0.25, 0.3) is 10.0 Å². The smallest absolute Gasteiger partial charge is 0.489 e. The molecule has 0 aliphatic carbocycles. The Kier molecular flexibility index (Phi) is 9.42. The van der Waals surface area contributed by atoms with Crippen molar-refractivity contribution in [2.24, 2.45) is 0 Å². The Bertz CT molecular complexity index is 1770. The number of pyridine rings is 1. The van der Waals surface area contributed by atoms with Crippen molar-refractivity contribution in [3.05, 3.63) is 102 Å². The molecule has 13 heteroatoms. The lowest BCUT2D eigenvalue weighted by Gasteiger charge is -2.27. The van der Waals surface area contributed by atoms with Crippen LogP contribution < -0.4 is 19.5 Å². The summed E-state index contributed by atoms with van der Waals surface area (Å²) in [6.07, 6.45) is -1.44. The van der Waals surface area contributed by atoms with Crippen LogP contribution in [0.25, 0.3) is 11.1 Å². The van der Waals surface area contributed by atoms with E-state index in [2.05, 4.69) is 19.8 Å². The van der Waals surface area contributed by atoms with Crippen molar-refractivity contribution in [3.8, 4) is 22.6 Å². The summed E-state index contributed by atoms with van der Waals surface area (Å²) >= 11 is 0. The Labute approximate surface area is 258 Å². The van der Waals surface area contributed by atoms with Crippen LogP contribution in [0.3, 0.4) is 0 Å². The monoisotopic (exact) mass is 641 g/mol. The van der Waals surface area contributed by atoms with E-state index in [4.69, 9.17) is 4.74 Å². The fraction of sp³-hybridized carbons (Fsp3) is 0.250. The fourth-order valence-electron chi connectivity index (χ4n) is 4.94. The number of fused-ring (bicyclic) bond motifs is 1. The number of carbonyl (C=O) groups excluding carboxylic acids is 1. The van der Waals surface area contributed by atoms with Crippen LogP contribution >= 0.6 is 0 Å². The minimum absolute atomic E-state index is 0.0647. The molecule has 0 amide bonds. The van der Waals surface area contributed by atoms with Crippen LogP contribution in [0, 0.1) is 0 Å². The second-order valence-corrected chi connectivity index (χ2v) is 12.2. The third kappa shape index (κ3) is 8.18. The molecule has 3 N–H and O–H groups in total. The highest BCUT2D eigenvalue weighted by atomic mass is 32.2. The topological polar surface area (TPSA) is 127 Å². The molecule has 0 saturated carbocycles. The van der Waals surface area contributed by atoms with E-state index in [0.29, 0.717) is 53.9 Å². The molecule has 1 aliphatic heterocycles.